The second-order valence-corrected chi connectivity index (χ2v) is 2.30. The van der Waals surface area contributed by atoms with Crippen LogP contribution < -0.4 is 0 Å². The Morgan fingerprint density at radius 2 is 1.75 bits per heavy atom. The van der Waals surface area contributed by atoms with E-state index in [1.54, 1.807) is 4.90 Å². The first kappa shape index (κ1) is 11.8. The Kier molecular flexibility index (Phi) is 7.40. The van der Waals surface area contributed by atoms with E-state index in [1.807, 2.05) is 13.8 Å². The molecule has 0 aromatic rings. The van der Waals surface area contributed by atoms with Crippen LogP contribution >= 0.6 is 0 Å². The van der Waals surface area contributed by atoms with E-state index < -0.39 is 7.27 Å². The molecule has 72 valence electrons. The van der Waals surface area contributed by atoms with Crippen LogP contribution in [-0.4, -0.2) is 44.9 Å². The number of hydrogen-bond acceptors (Lipinski definition) is 2. The van der Waals surface area contributed by atoms with Crippen molar-refractivity contribution in [2.75, 3.05) is 32.7 Å². The molecule has 1 saturated heterocycles. The monoisotopic (exact) mass is 179 g/mol. The third-order valence-electron chi connectivity index (χ3n) is 1.50. The Labute approximate surface area is 73.1 Å². The highest BCUT2D eigenvalue weighted by Crippen LogP contribution is 1.98. The largest absolute Gasteiger partial charge is 0.551 e. The molecule has 0 radical (unpaired) electrons. The van der Waals surface area contributed by atoms with Crippen LogP contribution in [0.1, 0.15) is 13.8 Å². The van der Waals surface area contributed by atoms with Crippen molar-refractivity contribution in [2.45, 2.75) is 13.8 Å². The fraction of sp³-hybridized carbons (Fsp3) is 1.00. The summed E-state index contributed by atoms with van der Waals surface area (Å²) in [5.41, 5.74) is 0. The SMILES string of the molecule is CC.FB(F)CN1CCOCC1. The van der Waals surface area contributed by atoms with Gasteiger partial charge in [0.15, 0.2) is 0 Å². The van der Waals surface area contributed by atoms with E-state index in [9.17, 15) is 8.63 Å². The molecule has 0 spiro atoms. The molecule has 0 atom stereocenters. The molecule has 0 bridgehead atoms. The van der Waals surface area contributed by atoms with E-state index in [0.717, 1.165) is 0 Å². The van der Waals surface area contributed by atoms with Crippen molar-refractivity contribution in [1.82, 2.24) is 4.90 Å². The van der Waals surface area contributed by atoms with Gasteiger partial charge in [0.1, 0.15) is 0 Å². The molecular formula is C7H16BF2NO. The first-order chi connectivity index (χ1) is 5.79. The van der Waals surface area contributed by atoms with Crippen molar-refractivity contribution in [1.29, 1.82) is 0 Å². The van der Waals surface area contributed by atoms with Crippen molar-refractivity contribution in [3.63, 3.8) is 0 Å². The average molecular weight is 179 g/mol. The van der Waals surface area contributed by atoms with Gasteiger partial charge in [-0.2, -0.15) is 0 Å². The summed E-state index contributed by atoms with van der Waals surface area (Å²) in [5, 5.41) is 0. The zero-order valence-electron chi connectivity index (χ0n) is 7.72. The lowest BCUT2D eigenvalue weighted by molar-refractivity contribution is 0.0445. The van der Waals surface area contributed by atoms with Crippen molar-refractivity contribution < 1.29 is 13.4 Å². The Morgan fingerprint density at radius 1 is 1.25 bits per heavy atom. The van der Waals surface area contributed by atoms with Crippen LogP contribution in [0.4, 0.5) is 8.63 Å². The number of halogens is 2. The van der Waals surface area contributed by atoms with Gasteiger partial charge in [-0.25, -0.2) is 0 Å². The highest BCUT2D eigenvalue weighted by Gasteiger charge is 2.19. The quantitative estimate of drug-likeness (QED) is 0.592. The normalized spacial score (nSPS) is 18.0. The summed E-state index contributed by atoms with van der Waals surface area (Å²) in [6.07, 6.45) is -0.108. The maximum atomic E-state index is 11.7. The Morgan fingerprint density at radius 3 is 2.17 bits per heavy atom. The predicted octanol–water partition coefficient (Wildman–Crippen LogP) is 1.31. The van der Waals surface area contributed by atoms with Gasteiger partial charge >= 0.3 is 7.27 Å². The lowest BCUT2D eigenvalue weighted by Gasteiger charge is -2.25. The van der Waals surface area contributed by atoms with Crippen LogP contribution in [0.3, 0.4) is 0 Å². The topological polar surface area (TPSA) is 12.5 Å². The van der Waals surface area contributed by atoms with Crippen molar-refractivity contribution >= 4 is 7.27 Å². The first-order valence-electron chi connectivity index (χ1n) is 4.37. The Balaban J connectivity index is 0.000000561. The fourth-order valence-corrected chi connectivity index (χ4v) is 0.979. The van der Waals surface area contributed by atoms with Crippen molar-refractivity contribution in [3.05, 3.63) is 0 Å². The van der Waals surface area contributed by atoms with Crippen LogP contribution in [-0.2, 0) is 4.74 Å². The predicted molar refractivity (Wildman–Crippen MR) is 46.6 cm³/mol. The summed E-state index contributed by atoms with van der Waals surface area (Å²) in [6, 6.07) is 0. The van der Waals surface area contributed by atoms with Gasteiger partial charge < -0.3 is 9.64 Å². The minimum Gasteiger partial charge on any atom is -0.379 e. The maximum Gasteiger partial charge on any atom is 0.551 e. The van der Waals surface area contributed by atoms with E-state index in [2.05, 4.69) is 0 Å². The van der Waals surface area contributed by atoms with Crippen molar-refractivity contribution in [3.8, 4) is 0 Å². The zero-order valence-corrected chi connectivity index (χ0v) is 7.72. The molecule has 0 aliphatic carbocycles. The van der Waals surface area contributed by atoms with Gasteiger partial charge in [-0.15, -0.1) is 0 Å². The minimum absolute atomic E-state index is 0.108. The van der Waals surface area contributed by atoms with E-state index in [-0.39, 0.29) is 6.44 Å². The maximum absolute atomic E-state index is 11.7. The summed E-state index contributed by atoms with van der Waals surface area (Å²) in [4.78, 5) is 1.72. The van der Waals surface area contributed by atoms with E-state index >= 15 is 0 Å². The number of morpholine rings is 1. The van der Waals surface area contributed by atoms with E-state index in [1.165, 1.54) is 0 Å². The molecule has 0 aromatic carbocycles. The molecule has 0 unspecified atom stereocenters. The van der Waals surface area contributed by atoms with Gasteiger partial charge in [0, 0.05) is 19.5 Å². The van der Waals surface area contributed by atoms with Gasteiger partial charge in [0.2, 0.25) is 0 Å². The summed E-state index contributed by atoms with van der Waals surface area (Å²) >= 11 is 0. The molecule has 1 aliphatic heterocycles. The summed E-state index contributed by atoms with van der Waals surface area (Å²) in [6.45, 7) is 6.47. The van der Waals surface area contributed by atoms with Crippen LogP contribution in [0, 0.1) is 0 Å². The molecule has 1 aliphatic rings. The Hall–Kier alpha value is -0.155. The molecule has 12 heavy (non-hydrogen) atoms. The van der Waals surface area contributed by atoms with E-state index in [4.69, 9.17) is 4.74 Å². The zero-order chi connectivity index (χ0) is 9.40. The van der Waals surface area contributed by atoms with Crippen LogP contribution in [0.5, 0.6) is 0 Å². The molecule has 5 heteroatoms. The molecule has 2 nitrogen and oxygen atoms in total. The molecule has 1 rings (SSSR count). The van der Waals surface area contributed by atoms with Gasteiger partial charge in [-0.05, 0) is 0 Å². The molecule has 1 heterocycles. The van der Waals surface area contributed by atoms with Crippen LogP contribution in [0.15, 0.2) is 0 Å². The second-order valence-electron chi connectivity index (χ2n) is 2.30. The van der Waals surface area contributed by atoms with Crippen LogP contribution in [0.2, 0.25) is 0 Å². The summed E-state index contributed by atoms with van der Waals surface area (Å²) in [5.74, 6) is 0. The number of ether oxygens (including phenoxy) is 1. The lowest BCUT2D eigenvalue weighted by Crippen LogP contribution is -2.40. The molecule has 1 fully saturated rings. The minimum atomic E-state index is -2.21. The molecule has 0 aromatic heterocycles. The fourth-order valence-electron chi connectivity index (χ4n) is 0.979. The van der Waals surface area contributed by atoms with Crippen molar-refractivity contribution in [2.24, 2.45) is 0 Å². The van der Waals surface area contributed by atoms with Gasteiger partial charge in [0.25, 0.3) is 0 Å². The lowest BCUT2D eigenvalue weighted by atomic mass is 9.98. The van der Waals surface area contributed by atoms with Crippen LogP contribution in [0.25, 0.3) is 0 Å². The highest BCUT2D eigenvalue weighted by atomic mass is 19.2. The molecule has 0 saturated carbocycles. The summed E-state index contributed by atoms with van der Waals surface area (Å²) in [7, 11) is -2.21. The average Bonchev–Trinajstić information content (AvgIpc) is 2.08. The van der Waals surface area contributed by atoms with E-state index in [0.29, 0.717) is 26.3 Å². The molecular weight excluding hydrogens is 163 g/mol. The third-order valence-corrected chi connectivity index (χ3v) is 1.50. The second kappa shape index (κ2) is 7.49. The summed E-state index contributed by atoms with van der Waals surface area (Å²) < 4.78 is 28.5. The molecule has 0 N–H and O–H groups in total. The third kappa shape index (κ3) is 5.49. The number of hydrogen-bond donors (Lipinski definition) is 0. The first-order valence-corrected chi connectivity index (χ1v) is 4.37. The smallest absolute Gasteiger partial charge is 0.379 e. The standard InChI is InChI=1S/C5H10BF2NO.C2H6/c7-6(8)5-9-1-3-10-4-2-9;1-2/h1-5H2;1-2H3. The highest BCUT2D eigenvalue weighted by molar-refractivity contribution is 6.42. The van der Waals surface area contributed by atoms with Gasteiger partial charge in [0.05, 0.1) is 13.2 Å². The van der Waals surface area contributed by atoms with Gasteiger partial charge in [-0.3, -0.25) is 8.63 Å². The molecule has 0 amide bonds. The Bertz CT molecular complexity index is 99.4. The van der Waals surface area contributed by atoms with Gasteiger partial charge in [-0.1, -0.05) is 13.8 Å². The number of nitrogens with zero attached hydrogens (tertiary/aromatic N) is 1. The number of rotatable bonds is 2.